The average Bonchev–Trinajstić information content (AvgIpc) is 2.63. The van der Waals surface area contributed by atoms with Crippen molar-refractivity contribution in [2.24, 2.45) is 5.16 Å². The number of allylic oxidation sites excluding steroid dienone is 1. The van der Waals surface area contributed by atoms with Crippen molar-refractivity contribution in [3.05, 3.63) is 46.0 Å². The average molecular weight is 243 g/mol. The predicted octanol–water partition coefficient (Wildman–Crippen LogP) is 4.07. The third-order valence-electron chi connectivity index (χ3n) is 3.18. The Labute approximate surface area is 109 Å². The summed E-state index contributed by atoms with van der Waals surface area (Å²) < 4.78 is 0. The third-order valence-corrected chi connectivity index (χ3v) is 3.18. The summed E-state index contributed by atoms with van der Waals surface area (Å²) in [4.78, 5) is 5.48. The monoisotopic (exact) mass is 243 g/mol. The lowest BCUT2D eigenvalue weighted by molar-refractivity contribution is 0.119. The van der Waals surface area contributed by atoms with Gasteiger partial charge in [0.15, 0.2) is 6.10 Å². The highest BCUT2D eigenvalue weighted by atomic mass is 16.6. The number of nitrogens with zero attached hydrogens (tertiary/aromatic N) is 1. The van der Waals surface area contributed by atoms with Crippen LogP contribution in [0.25, 0.3) is 0 Å². The van der Waals surface area contributed by atoms with Crippen LogP contribution in [0.5, 0.6) is 0 Å². The van der Waals surface area contributed by atoms with Crippen molar-refractivity contribution < 1.29 is 4.84 Å². The Kier molecular flexibility index (Phi) is 3.55. The Morgan fingerprint density at radius 3 is 2.39 bits per heavy atom. The molecule has 1 aromatic carbocycles. The van der Waals surface area contributed by atoms with Gasteiger partial charge in [0.1, 0.15) is 0 Å². The molecular formula is C16H21NO. The molecule has 1 atom stereocenters. The van der Waals surface area contributed by atoms with Crippen molar-refractivity contribution in [3.63, 3.8) is 0 Å². The highest BCUT2D eigenvalue weighted by Crippen LogP contribution is 2.24. The van der Waals surface area contributed by atoms with E-state index in [1.54, 1.807) is 0 Å². The van der Waals surface area contributed by atoms with Gasteiger partial charge in [-0.2, -0.15) is 0 Å². The van der Waals surface area contributed by atoms with Crippen LogP contribution in [0, 0.1) is 20.8 Å². The molecule has 1 aromatic rings. The van der Waals surface area contributed by atoms with Crippen molar-refractivity contribution >= 4 is 5.71 Å². The van der Waals surface area contributed by atoms with E-state index in [1.807, 2.05) is 0 Å². The van der Waals surface area contributed by atoms with Crippen LogP contribution in [-0.4, -0.2) is 11.8 Å². The molecule has 1 heterocycles. The Balaban J connectivity index is 2.27. The normalized spacial score (nSPS) is 18.3. The summed E-state index contributed by atoms with van der Waals surface area (Å²) in [7, 11) is 0. The van der Waals surface area contributed by atoms with Gasteiger partial charge in [0, 0.05) is 12.0 Å². The number of oxime groups is 1. The fourth-order valence-electron chi connectivity index (χ4n) is 2.64. The highest BCUT2D eigenvalue weighted by molar-refractivity contribution is 6.03. The van der Waals surface area contributed by atoms with Crippen molar-refractivity contribution in [2.45, 2.75) is 47.1 Å². The maximum atomic E-state index is 5.48. The van der Waals surface area contributed by atoms with Crippen LogP contribution in [0.1, 0.15) is 42.5 Å². The summed E-state index contributed by atoms with van der Waals surface area (Å²) in [6.07, 6.45) is 3.11. The molecule has 0 bridgehead atoms. The molecule has 1 unspecified atom stereocenters. The quantitative estimate of drug-likeness (QED) is 0.717. The first-order chi connectivity index (χ1) is 8.47. The van der Waals surface area contributed by atoms with E-state index in [1.165, 1.54) is 27.8 Å². The van der Waals surface area contributed by atoms with E-state index in [0.29, 0.717) is 0 Å². The minimum absolute atomic E-state index is 0.102. The zero-order chi connectivity index (χ0) is 13.3. The summed E-state index contributed by atoms with van der Waals surface area (Å²) in [5.74, 6) is 0. The Morgan fingerprint density at radius 2 is 1.83 bits per heavy atom. The number of hydrogen-bond donors (Lipinski definition) is 0. The Bertz CT molecular complexity index is 499. The van der Waals surface area contributed by atoms with E-state index < -0.39 is 0 Å². The molecule has 0 aromatic heterocycles. The van der Waals surface area contributed by atoms with Crippen molar-refractivity contribution in [3.8, 4) is 0 Å². The molecule has 1 aliphatic rings. The van der Waals surface area contributed by atoms with Crippen molar-refractivity contribution in [2.75, 3.05) is 0 Å². The van der Waals surface area contributed by atoms with E-state index in [-0.39, 0.29) is 6.10 Å². The summed E-state index contributed by atoms with van der Waals surface area (Å²) >= 11 is 0. The van der Waals surface area contributed by atoms with Gasteiger partial charge in [0.25, 0.3) is 0 Å². The molecule has 0 aliphatic carbocycles. The molecule has 18 heavy (non-hydrogen) atoms. The van der Waals surface area contributed by atoms with Gasteiger partial charge in [-0.3, -0.25) is 0 Å². The molecule has 2 heteroatoms. The van der Waals surface area contributed by atoms with E-state index >= 15 is 0 Å². The summed E-state index contributed by atoms with van der Waals surface area (Å²) in [5.41, 5.74) is 7.47. The Morgan fingerprint density at radius 1 is 1.22 bits per heavy atom. The molecule has 0 fully saturated rings. The number of rotatable bonds is 2. The molecular weight excluding hydrogens is 222 g/mol. The maximum absolute atomic E-state index is 5.48. The van der Waals surface area contributed by atoms with Crippen LogP contribution in [0.15, 0.2) is 28.9 Å². The number of aryl methyl sites for hydroxylation is 3. The molecule has 0 amide bonds. The molecule has 0 N–H and O–H groups in total. The van der Waals surface area contributed by atoms with Gasteiger partial charge in [0.2, 0.25) is 0 Å². The Hall–Kier alpha value is -1.57. The standard InChI is InChI=1S/C16H21NO/c1-10(2)6-14-9-15(17-18-14)16-12(4)7-11(3)8-13(16)5/h6-8,14H,9H2,1-5H3. The molecule has 96 valence electrons. The molecule has 1 aliphatic heterocycles. The van der Waals surface area contributed by atoms with Gasteiger partial charge < -0.3 is 4.84 Å². The molecule has 0 spiro atoms. The number of benzene rings is 1. The second-order valence-electron chi connectivity index (χ2n) is 5.40. The van der Waals surface area contributed by atoms with Crippen LogP contribution >= 0.6 is 0 Å². The molecule has 2 nitrogen and oxygen atoms in total. The zero-order valence-corrected chi connectivity index (χ0v) is 11.9. The summed E-state index contributed by atoms with van der Waals surface area (Å²) in [5, 5.41) is 4.26. The minimum Gasteiger partial charge on any atom is -0.388 e. The molecule has 0 saturated heterocycles. The smallest absolute Gasteiger partial charge is 0.151 e. The highest BCUT2D eigenvalue weighted by Gasteiger charge is 2.22. The summed E-state index contributed by atoms with van der Waals surface area (Å²) in [6.45, 7) is 10.6. The lowest BCUT2D eigenvalue weighted by Crippen LogP contribution is -2.08. The van der Waals surface area contributed by atoms with E-state index in [2.05, 4.69) is 58.0 Å². The van der Waals surface area contributed by atoms with E-state index in [0.717, 1.165) is 12.1 Å². The maximum Gasteiger partial charge on any atom is 0.151 e. The van der Waals surface area contributed by atoms with Crippen LogP contribution in [0.2, 0.25) is 0 Å². The van der Waals surface area contributed by atoms with Crippen LogP contribution in [0.4, 0.5) is 0 Å². The van der Waals surface area contributed by atoms with E-state index in [4.69, 9.17) is 4.84 Å². The first kappa shape index (κ1) is 12.9. The predicted molar refractivity (Wildman–Crippen MR) is 76.1 cm³/mol. The second-order valence-corrected chi connectivity index (χ2v) is 5.40. The fraction of sp³-hybridized carbons (Fsp3) is 0.438. The first-order valence-corrected chi connectivity index (χ1v) is 6.43. The van der Waals surface area contributed by atoms with Gasteiger partial charge >= 0.3 is 0 Å². The second kappa shape index (κ2) is 4.97. The van der Waals surface area contributed by atoms with Gasteiger partial charge in [-0.25, -0.2) is 0 Å². The minimum atomic E-state index is 0.102. The van der Waals surface area contributed by atoms with Gasteiger partial charge in [-0.1, -0.05) is 28.4 Å². The summed E-state index contributed by atoms with van der Waals surface area (Å²) in [6, 6.07) is 4.41. The van der Waals surface area contributed by atoms with Crippen LogP contribution in [-0.2, 0) is 4.84 Å². The first-order valence-electron chi connectivity index (χ1n) is 6.43. The zero-order valence-electron chi connectivity index (χ0n) is 11.9. The largest absolute Gasteiger partial charge is 0.388 e. The lowest BCUT2D eigenvalue weighted by Gasteiger charge is -2.10. The van der Waals surface area contributed by atoms with Crippen LogP contribution in [0.3, 0.4) is 0 Å². The third kappa shape index (κ3) is 2.63. The van der Waals surface area contributed by atoms with Crippen LogP contribution < -0.4 is 0 Å². The lowest BCUT2D eigenvalue weighted by atomic mass is 9.93. The SMILES string of the molecule is CC(C)=CC1CC(c2c(C)cc(C)cc2C)=NO1. The van der Waals surface area contributed by atoms with Gasteiger partial charge in [-0.15, -0.1) is 0 Å². The number of hydrogen-bond acceptors (Lipinski definition) is 2. The molecule has 2 rings (SSSR count). The van der Waals surface area contributed by atoms with Crippen molar-refractivity contribution in [1.82, 2.24) is 0 Å². The molecule has 0 radical (unpaired) electrons. The van der Waals surface area contributed by atoms with E-state index in [9.17, 15) is 0 Å². The fourth-order valence-corrected chi connectivity index (χ4v) is 2.64. The van der Waals surface area contributed by atoms with Crippen molar-refractivity contribution in [1.29, 1.82) is 0 Å². The van der Waals surface area contributed by atoms with Gasteiger partial charge in [0.05, 0.1) is 5.71 Å². The topological polar surface area (TPSA) is 21.6 Å². The molecule has 0 saturated carbocycles. The van der Waals surface area contributed by atoms with Gasteiger partial charge in [-0.05, 0) is 51.8 Å².